The summed E-state index contributed by atoms with van der Waals surface area (Å²) >= 11 is 0. The Morgan fingerprint density at radius 2 is 1.82 bits per heavy atom. The second-order valence-corrected chi connectivity index (χ2v) is 5.12. The minimum Gasteiger partial charge on any atom is -0.248 e. The van der Waals surface area contributed by atoms with Crippen molar-refractivity contribution >= 4 is 11.0 Å². The normalized spacial score (nSPS) is 12.0. The number of aryl methyl sites for hydroxylation is 2. The standard InChI is InChI=1S/C16H14F3N3/c1-3-22-15-12(9-20-22)13(16(17,18)19)8-14(21-15)11-6-4-10(2)5-7-11/h4-9H,3H2,1-2H3. The molecule has 22 heavy (non-hydrogen) atoms. The average molecular weight is 305 g/mol. The molecule has 2 aromatic heterocycles. The number of hydrogen-bond donors (Lipinski definition) is 0. The third-order valence-corrected chi connectivity index (χ3v) is 3.56. The minimum atomic E-state index is -4.44. The van der Waals surface area contributed by atoms with Gasteiger partial charge in [-0.25, -0.2) is 9.67 Å². The zero-order valence-corrected chi connectivity index (χ0v) is 12.1. The summed E-state index contributed by atoms with van der Waals surface area (Å²) in [6.07, 6.45) is -3.21. The monoisotopic (exact) mass is 305 g/mol. The molecule has 6 heteroatoms. The Bertz CT molecular complexity index is 817. The molecule has 0 saturated carbocycles. The van der Waals surface area contributed by atoms with Gasteiger partial charge in [-0.2, -0.15) is 18.3 Å². The van der Waals surface area contributed by atoms with Crippen molar-refractivity contribution in [3.05, 3.63) is 47.7 Å². The number of aromatic nitrogens is 3. The smallest absolute Gasteiger partial charge is 0.248 e. The van der Waals surface area contributed by atoms with E-state index in [9.17, 15) is 13.2 Å². The second kappa shape index (κ2) is 5.12. The highest BCUT2D eigenvalue weighted by Crippen LogP contribution is 2.36. The molecule has 0 spiro atoms. The van der Waals surface area contributed by atoms with Gasteiger partial charge >= 0.3 is 6.18 Å². The van der Waals surface area contributed by atoms with Crippen molar-refractivity contribution in [2.24, 2.45) is 0 Å². The molecule has 0 fully saturated rings. The van der Waals surface area contributed by atoms with Crippen LogP contribution in [0.5, 0.6) is 0 Å². The highest BCUT2D eigenvalue weighted by atomic mass is 19.4. The van der Waals surface area contributed by atoms with Crippen LogP contribution < -0.4 is 0 Å². The van der Waals surface area contributed by atoms with E-state index in [1.807, 2.05) is 26.0 Å². The van der Waals surface area contributed by atoms with Crippen molar-refractivity contribution in [1.82, 2.24) is 14.8 Å². The predicted molar refractivity (Wildman–Crippen MR) is 78.4 cm³/mol. The number of benzene rings is 1. The Balaban J connectivity index is 2.29. The van der Waals surface area contributed by atoms with Crippen LogP contribution in [0.25, 0.3) is 22.3 Å². The maximum atomic E-state index is 13.3. The van der Waals surface area contributed by atoms with Crippen LogP contribution in [-0.4, -0.2) is 14.8 Å². The van der Waals surface area contributed by atoms with Crippen LogP contribution in [0.15, 0.2) is 36.5 Å². The molecule has 0 N–H and O–H groups in total. The topological polar surface area (TPSA) is 30.7 Å². The molecular weight excluding hydrogens is 291 g/mol. The Hall–Kier alpha value is -2.37. The largest absolute Gasteiger partial charge is 0.417 e. The van der Waals surface area contributed by atoms with Gasteiger partial charge < -0.3 is 0 Å². The lowest BCUT2D eigenvalue weighted by molar-refractivity contribution is -0.136. The van der Waals surface area contributed by atoms with Crippen LogP contribution in [0.4, 0.5) is 13.2 Å². The van der Waals surface area contributed by atoms with Crippen molar-refractivity contribution in [3.8, 4) is 11.3 Å². The van der Waals surface area contributed by atoms with Crippen LogP contribution >= 0.6 is 0 Å². The SMILES string of the molecule is CCn1ncc2c(C(F)(F)F)cc(-c3ccc(C)cc3)nc21. The van der Waals surface area contributed by atoms with Crippen molar-refractivity contribution in [1.29, 1.82) is 0 Å². The Morgan fingerprint density at radius 1 is 1.14 bits per heavy atom. The summed E-state index contributed by atoms with van der Waals surface area (Å²) in [5.41, 5.74) is 1.55. The first-order valence-corrected chi connectivity index (χ1v) is 6.91. The number of rotatable bonds is 2. The predicted octanol–water partition coefficient (Wildman–Crippen LogP) is 4.45. The summed E-state index contributed by atoms with van der Waals surface area (Å²) in [5.74, 6) is 0. The zero-order valence-electron chi connectivity index (χ0n) is 12.1. The van der Waals surface area contributed by atoms with Crippen molar-refractivity contribution in [2.75, 3.05) is 0 Å². The molecule has 0 aliphatic rings. The van der Waals surface area contributed by atoms with E-state index < -0.39 is 11.7 Å². The van der Waals surface area contributed by atoms with Gasteiger partial charge in [0, 0.05) is 12.1 Å². The van der Waals surface area contributed by atoms with Crippen LogP contribution in [0.2, 0.25) is 0 Å². The molecule has 0 atom stereocenters. The summed E-state index contributed by atoms with van der Waals surface area (Å²) < 4.78 is 41.5. The lowest BCUT2D eigenvalue weighted by Crippen LogP contribution is -2.07. The van der Waals surface area contributed by atoms with E-state index in [0.717, 1.165) is 11.6 Å². The maximum absolute atomic E-state index is 13.3. The molecule has 0 aliphatic heterocycles. The molecule has 2 heterocycles. The van der Waals surface area contributed by atoms with Gasteiger partial charge in [-0.1, -0.05) is 29.8 Å². The number of alkyl halides is 3. The average Bonchev–Trinajstić information content (AvgIpc) is 2.88. The molecular formula is C16H14F3N3. The third-order valence-electron chi connectivity index (χ3n) is 3.56. The first-order valence-electron chi connectivity index (χ1n) is 6.91. The van der Waals surface area contributed by atoms with Gasteiger partial charge in [0.2, 0.25) is 0 Å². The molecule has 0 aliphatic carbocycles. The fourth-order valence-corrected chi connectivity index (χ4v) is 2.39. The first-order chi connectivity index (χ1) is 10.4. The molecule has 0 unspecified atom stereocenters. The van der Waals surface area contributed by atoms with Crippen molar-refractivity contribution in [2.45, 2.75) is 26.6 Å². The summed E-state index contributed by atoms with van der Waals surface area (Å²) in [6.45, 7) is 4.21. The number of halogens is 3. The van der Waals surface area contributed by atoms with E-state index in [0.29, 0.717) is 17.8 Å². The quantitative estimate of drug-likeness (QED) is 0.700. The van der Waals surface area contributed by atoms with E-state index in [4.69, 9.17) is 0 Å². The number of nitrogens with zero attached hydrogens (tertiary/aromatic N) is 3. The highest BCUT2D eigenvalue weighted by Gasteiger charge is 2.34. The van der Waals surface area contributed by atoms with Gasteiger partial charge in [0.1, 0.15) is 0 Å². The lowest BCUT2D eigenvalue weighted by Gasteiger charge is -2.11. The highest BCUT2D eigenvalue weighted by molar-refractivity contribution is 5.83. The Kier molecular flexibility index (Phi) is 3.39. The Morgan fingerprint density at radius 3 is 2.41 bits per heavy atom. The van der Waals surface area contributed by atoms with Crippen LogP contribution in [0.1, 0.15) is 18.1 Å². The lowest BCUT2D eigenvalue weighted by atomic mass is 10.1. The molecule has 3 rings (SSSR count). The number of fused-ring (bicyclic) bond motifs is 1. The van der Waals surface area contributed by atoms with Crippen LogP contribution in [0, 0.1) is 6.92 Å². The fraction of sp³-hybridized carbons (Fsp3) is 0.250. The third kappa shape index (κ3) is 2.45. The van der Waals surface area contributed by atoms with Crippen molar-refractivity contribution < 1.29 is 13.2 Å². The molecule has 0 amide bonds. The van der Waals surface area contributed by atoms with Crippen molar-refractivity contribution in [3.63, 3.8) is 0 Å². The minimum absolute atomic E-state index is 0.0326. The molecule has 0 saturated heterocycles. The van der Waals surface area contributed by atoms with Crippen LogP contribution in [0.3, 0.4) is 0 Å². The van der Waals surface area contributed by atoms with E-state index in [-0.39, 0.29) is 11.0 Å². The maximum Gasteiger partial charge on any atom is 0.417 e. The van der Waals surface area contributed by atoms with E-state index in [1.165, 1.54) is 10.9 Å². The fourth-order valence-electron chi connectivity index (χ4n) is 2.39. The molecule has 3 nitrogen and oxygen atoms in total. The number of hydrogen-bond acceptors (Lipinski definition) is 2. The molecule has 3 aromatic rings. The molecule has 0 bridgehead atoms. The van der Waals surface area contributed by atoms with E-state index >= 15 is 0 Å². The summed E-state index contributed by atoms with van der Waals surface area (Å²) in [5, 5.41) is 4.02. The van der Waals surface area contributed by atoms with Gasteiger partial charge in [0.15, 0.2) is 5.65 Å². The summed E-state index contributed by atoms with van der Waals surface area (Å²) in [4.78, 5) is 4.38. The number of pyridine rings is 1. The second-order valence-electron chi connectivity index (χ2n) is 5.12. The zero-order chi connectivity index (χ0) is 15.9. The van der Waals surface area contributed by atoms with Gasteiger partial charge in [0.05, 0.1) is 22.8 Å². The van der Waals surface area contributed by atoms with Gasteiger partial charge in [-0.05, 0) is 19.9 Å². The van der Waals surface area contributed by atoms with E-state index in [1.54, 1.807) is 12.1 Å². The van der Waals surface area contributed by atoms with Crippen LogP contribution in [-0.2, 0) is 12.7 Å². The summed E-state index contributed by atoms with van der Waals surface area (Å²) in [7, 11) is 0. The van der Waals surface area contributed by atoms with E-state index in [2.05, 4.69) is 10.1 Å². The molecule has 1 aromatic carbocycles. The molecule has 114 valence electrons. The van der Waals surface area contributed by atoms with Gasteiger partial charge in [-0.3, -0.25) is 0 Å². The molecule has 0 radical (unpaired) electrons. The summed E-state index contributed by atoms with van der Waals surface area (Å²) in [6, 6.07) is 8.35. The first kappa shape index (κ1) is 14.6. The van der Waals surface area contributed by atoms with Gasteiger partial charge in [0.25, 0.3) is 0 Å². The Labute approximate surface area is 125 Å². The van der Waals surface area contributed by atoms with Gasteiger partial charge in [-0.15, -0.1) is 0 Å².